The van der Waals surface area contributed by atoms with E-state index in [4.69, 9.17) is 28.3 Å². The molecule has 0 saturated heterocycles. The summed E-state index contributed by atoms with van der Waals surface area (Å²) in [7, 11) is 0. The lowest BCUT2D eigenvalue weighted by Gasteiger charge is -2.29. The van der Waals surface area contributed by atoms with Crippen molar-refractivity contribution in [3.8, 4) is 0 Å². The molecule has 2 amide bonds. The van der Waals surface area contributed by atoms with Gasteiger partial charge in [-0.05, 0) is 84.5 Å². The zero-order valence-electron chi connectivity index (χ0n) is 18.5. The molecule has 3 aromatic carbocycles. The molecule has 1 saturated carbocycles. The van der Waals surface area contributed by atoms with Crippen LogP contribution in [-0.4, -0.2) is 16.8 Å². The number of urea groups is 1. The van der Waals surface area contributed by atoms with Crippen LogP contribution in [0, 0.1) is 17.6 Å². The van der Waals surface area contributed by atoms with Gasteiger partial charge in [0.2, 0.25) is 0 Å². The van der Waals surface area contributed by atoms with Gasteiger partial charge in [0.25, 0.3) is 0 Å². The van der Waals surface area contributed by atoms with Crippen molar-refractivity contribution in [2.75, 3.05) is 5.32 Å². The molecule has 4 nitrogen and oxygen atoms in total. The lowest BCUT2D eigenvalue weighted by molar-refractivity contribution is 0.188. The molecule has 0 spiro atoms. The maximum atomic E-state index is 13.7. The van der Waals surface area contributed by atoms with Crippen LogP contribution in [0.1, 0.15) is 36.4 Å². The number of rotatable bonds is 3. The van der Waals surface area contributed by atoms with Gasteiger partial charge in [0.05, 0.1) is 21.8 Å². The molecule has 2 atom stereocenters. The Morgan fingerprint density at radius 1 is 0.971 bits per heavy atom. The molecule has 0 radical (unpaired) electrons. The standard InChI is InChI=1S/C27H21Cl2F2N3O/c28-23-13-12-21(15-24(23)29)32-27(35)34-26(17-6-10-20(31)11-7-17)22-3-1-2-18(25(22)33-34)14-16-4-8-19(30)9-5-16/h4-15,22,26H,1-3H2,(H,32,35)/b18-14-. The first kappa shape index (κ1) is 23.5. The minimum absolute atomic E-state index is 0.0551. The van der Waals surface area contributed by atoms with Gasteiger partial charge >= 0.3 is 6.03 Å². The SMILES string of the molecule is O=C(Nc1ccc(Cl)c(Cl)c1)N1N=C2/C(=C\c3ccc(F)cc3)CCCC2C1c1ccc(F)cc1. The van der Waals surface area contributed by atoms with Crippen LogP contribution in [0.4, 0.5) is 19.3 Å². The van der Waals surface area contributed by atoms with Crippen LogP contribution in [0.15, 0.2) is 77.4 Å². The quantitative estimate of drug-likeness (QED) is 0.379. The molecule has 35 heavy (non-hydrogen) atoms. The molecular formula is C27H21Cl2F2N3O. The van der Waals surface area contributed by atoms with Crippen molar-refractivity contribution in [3.63, 3.8) is 0 Å². The van der Waals surface area contributed by atoms with Gasteiger partial charge in [0.1, 0.15) is 11.6 Å². The van der Waals surface area contributed by atoms with E-state index in [1.807, 2.05) is 6.08 Å². The van der Waals surface area contributed by atoms with E-state index in [-0.39, 0.29) is 17.6 Å². The summed E-state index contributed by atoms with van der Waals surface area (Å²) < 4.78 is 27.0. The first-order valence-electron chi connectivity index (χ1n) is 11.2. The number of allylic oxidation sites excluding steroid dienone is 1. The summed E-state index contributed by atoms with van der Waals surface area (Å²) in [6, 6.07) is 16.4. The average Bonchev–Trinajstić information content (AvgIpc) is 3.24. The molecule has 0 aromatic heterocycles. The first-order chi connectivity index (χ1) is 16.9. The second-order valence-corrected chi connectivity index (χ2v) is 9.42. The predicted octanol–water partition coefficient (Wildman–Crippen LogP) is 8.10. The van der Waals surface area contributed by atoms with Crippen LogP contribution in [0.2, 0.25) is 10.0 Å². The summed E-state index contributed by atoms with van der Waals surface area (Å²) in [5, 5.41) is 9.75. The van der Waals surface area contributed by atoms with Gasteiger partial charge in [-0.1, -0.05) is 47.5 Å². The Hall–Kier alpha value is -3.22. The molecule has 2 aliphatic rings. The van der Waals surface area contributed by atoms with E-state index in [0.29, 0.717) is 15.7 Å². The van der Waals surface area contributed by atoms with Crippen LogP contribution in [0.25, 0.3) is 6.08 Å². The second-order valence-electron chi connectivity index (χ2n) is 8.61. The molecular weight excluding hydrogens is 491 g/mol. The van der Waals surface area contributed by atoms with Crippen molar-refractivity contribution < 1.29 is 13.6 Å². The highest BCUT2D eigenvalue weighted by Gasteiger charge is 2.43. The van der Waals surface area contributed by atoms with Gasteiger partial charge in [-0.2, -0.15) is 5.10 Å². The Balaban J connectivity index is 1.51. The number of hydrogen-bond donors (Lipinski definition) is 1. The highest BCUT2D eigenvalue weighted by atomic mass is 35.5. The number of anilines is 1. The Bertz CT molecular complexity index is 1320. The van der Waals surface area contributed by atoms with Crippen molar-refractivity contribution in [3.05, 3.63) is 105 Å². The first-order valence-corrected chi connectivity index (χ1v) is 12.0. The number of hydrazone groups is 1. The van der Waals surface area contributed by atoms with Gasteiger partial charge in [0, 0.05) is 11.6 Å². The van der Waals surface area contributed by atoms with Gasteiger partial charge in [-0.25, -0.2) is 18.6 Å². The molecule has 2 unspecified atom stereocenters. The van der Waals surface area contributed by atoms with E-state index >= 15 is 0 Å². The van der Waals surface area contributed by atoms with Crippen molar-refractivity contribution in [2.24, 2.45) is 11.0 Å². The van der Waals surface area contributed by atoms with E-state index in [2.05, 4.69) is 5.32 Å². The van der Waals surface area contributed by atoms with Gasteiger partial charge < -0.3 is 5.32 Å². The highest BCUT2D eigenvalue weighted by Crippen LogP contribution is 2.44. The molecule has 178 valence electrons. The number of nitrogens with one attached hydrogen (secondary N) is 1. The summed E-state index contributed by atoms with van der Waals surface area (Å²) in [6.07, 6.45) is 4.53. The number of carbonyl (C=O) groups excluding carboxylic acids is 1. The highest BCUT2D eigenvalue weighted by molar-refractivity contribution is 6.42. The number of carbonyl (C=O) groups is 1. The normalized spacial score (nSPS) is 20.5. The van der Waals surface area contributed by atoms with Crippen LogP contribution in [0.3, 0.4) is 0 Å². The molecule has 1 heterocycles. The maximum Gasteiger partial charge on any atom is 0.342 e. The zero-order chi connectivity index (χ0) is 24.5. The fourth-order valence-corrected chi connectivity index (χ4v) is 4.97. The minimum atomic E-state index is -0.430. The van der Waals surface area contributed by atoms with Crippen molar-refractivity contribution in [2.45, 2.75) is 25.3 Å². The molecule has 1 N–H and O–H groups in total. The molecule has 1 aliphatic carbocycles. The number of amides is 2. The summed E-state index contributed by atoms with van der Waals surface area (Å²) in [6.45, 7) is 0. The third kappa shape index (κ3) is 4.95. The summed E-state index contributed by atoms with van der Waals surface area (Å²) in [5.74, 6) is -0.700. The van der Waals surface area contributed by atoms with Gasteiger partial charge in [0.15, 0.2) is 0 Å². The Morgan fingerprint density at radius 2 is 1.66 bits per heavy atom. The van der Waals surface area contributed by atoms with E-state index in [1.54, 1.807) is 42.5 Å². The molecule has 1 fully saturated rings. The zero-order valence-corrected chi connectivity index (χ0v) is 20.0. The lowest BCUT2D eigenvalue weighted by Crippen LogP contribution is -2.34. The third-order valence-electron chi connectivity index (χ3n) is 6.30. The van der Waals surface area contributed by atoms with Crippen molar-refractivity contribution in [1.82, 2.24) is 5.01 Å². The van der Waals surface area contributed by atoms with Gasteiger partial charge in [-0.15, -0.1) is 0 Å². The fourth-order valence-electron chi connectivity index (χ4n) is 4.68. The maximum absolute atomic E-state index is 13.7. The molecule has 8 heteroatoms. The summed E-state index contributed by atoms with van der Waals surface area (Å²) >= 11 is 12.1. The smallest absolute Gasteiger partial charge is 0.306 e. The second kappa shape index (κ2) is 9.80. The van der Waals surface area contributed by atoms with Crippen LogP contribution in [-0.2, 0) is 0 Å². The van der Waals surface area contributed by atoms with Gasteiger partial charge in [-0.3, -0.25) is 0 Å². The summed E-state index contributed by atoms with van der Waals surface area (Å²) in [4.78, 5) is 13.4. The topological polar surface area (TPSA) is 44.7 Å². The monoisotopic (exact) mass is 511 g/mol. The average molecular weight is 512 g/mol. The molecule has 0 bridgehead atoms. The van der Waals surface area contributed by atoms with E-state index < -0.39 is 12.1 Å². The van der Waals surface area contributed by atoms with E-state index in [9.17, 15) is 13.6 Å². The Labute approximate surface area is 211 Å². The Morgan fingerprint density at radius 3 is 2.34 bits per heavy atom. The number of nitrogens with zero attached hydrogens (tertiary/aromatic N) is 2. The van der Waals surface area contributed by atoms with E-state index in [0.717, 1.165) is 41.7 Å². The lowest BCUT2D eigenvalue weighted by atomic mass is 9.77. The number of fused-ring (bicyclic) bond motifs is 1. The third-order valence-corrected chi connectivity index (χ3v) is 7.04. The van der Waals surface area contributed by atoms with Crippen LogP contribution < -0.4 is 5.32 Å². The number of benzene rings is 3. The van der Waals surface area contributed by atoms with Crippen molar-refractivity contribution in [1.29, 1.82) is 0 Å². The van der Waals surface area contributed by atoms with E-state index in [1.165, 1.54) is 29.3 Å². The van der Waals surface area contributed by atoms with Crippen LogP contribution in [0.5, 0.6) is 0 Å². The largest absolute Gasteiger partial charge is 0.342 e. The predicted molar refractivity (Wildman–Crippen MR) is 136 cm³/mol. The Kier molecular flexibility index (Phi) is 6.58. The number of hydrogen-bond acceptors (Lipinski definition) is 2. The van der Waals surface area contributed by atoms with Crippen molar-refractivity contribution >= 4 is 46.7 Å². The fraction of sp³-hybridized carbons (Fsp3) is 0.185. The summed E-state index contributed by atoms with van der Waals surface area (Å²) in [5.41, 5.74) is 3.97. The molecule has 5 rings (SSSR count). The molecule has 1 aliphatic heterocycles. The number of halogens is 4. The van der Waals surface area contributed by atoms with Crippen LogP contribution >= 0.6 is 23.2 Å². The minimum Gasteiger partial charge on any atom is -0.306 e. The molecule has 3 aromatic rings.